The van der Waals surface area contributed by atoms with Crippen molar-refractivity contribution in [3.63, 3.8) is 0 Å². The maximum Gasteiger partial charge on any atom is 0.281 e. The second-order valence-electron chi connectivity index (χ2n) is 7.18. The first-order valence-corrected chi connectivity index (χ1v) is 12.4. The molecular formula is C18H24N6O5S2. The molecule has 0 bridgehead atoms. The number of carbonyl (C=O) groups is 1. The number of carbonyl (C=O) groups excluding carboxylic acids is 1. The summed E-state index contributed by atoms with van der Waals surface area (Å²) in [4.78, 5) is 20.3. The van der Waals surface area contributed by atoms with Crippen LogP contribution >= 0.6 is 0 Å². The zero-order valence-corrected chi connectivity index (χ0v) is 18.7. The number of rotatable bonds is 7. The summed E-state index contributed by atoms with van der Waals surface area (Å²) in [5.74, 6) is -0.858. The van der Waals surface area contributed by atoms with Crippen LogP contribution < -0.4 is 10.0 Å². The van der Waals surface area contributed by atoms with E-state index in [0.29, 0.717) is 25.1 Å². The number of anilines is 2. The number of amides is 1. The highest BCUT2D eigenvalue weighted by molar-refractivity contribution is 7.92. The van der Waals surface area contributed by atoms with E-state index in [0.717, 1.165) is 4.31 Å². The number of hydrogen-bond acceptors (Lipinski definition) is 7. The molecule has 11 nitrogen and oxygen atoms in total. The second kappa shape index (κ2) is 9.26. The molecule has 1 atom stereocenters. The van der Waals surface area contributed by atoms with Crippen molar-refractivity contribution in [3.05, 3.63) is 42.7 Å². The van der Waals surface area contributed by atoms with Crippen molar-refractivity contribution in [1.29, 1.82) is 0 Å². The Labute approximate surface area is 181 Å². The zero-order chi connectivity index (χ0) is 22.6. The Morgan fingerprint density at radius 3 is 2.35 bits per heavy atom. The zero-order valence-electron chi connectivity index (χ0n) is 17.1. The van der Waals surface area contributed by atoms with E-state index in [1.165, 1.54) is 55.1 Å². The summed E-state index contributed by atoms with van der Waals surface area (Å²) in [6, 6.07) is 7.21. The summed E-state index contributed by atoms with van der Waals surface area (Å²) in [6.07, 6.45) is 3.98. The molecule has 2 heterocycles. The highest BCUT2D eigenvalue weighted by Crippen LogP contribution is 2.22. The van der Waals surface area contributed by atoms with Crippen LogP contribution in [-0.4, -0.2) is 68.5 Å². The molecule has 13 heteroatoms. The van der Waals surface area contributed by atoms with Crippen molar-refractivity contribution in [2.24, 2.45) is 5.92 Å². The third-order valence-electron chi connectivity index (χ3n) is 4.77. The van der Waals surface area contributed by atoms with E-state index in [1.807, 2.05) is 0 Å². The Hall–Kier alpha value is -2.61. The predicted octanol–water partition coefficient (Wildman–Crippen LogP) is 0.734. The number of aromatic nitrogens is 2. The standard InChI is InChI=1S/C18H24N6O5S2/c1-23(2)31(28,29)24-12-3-5-14(13-24)17(25)21-15-6-8-16(9-7-15)30(26,27)22-18-19-10-4-11-20-18/h4,6-11,14H,3,5,12-13H2,1-2H3,(H,21,25)(H,19,20,22)/t14-/m1/s1. The molecule has 168 valence electrons. The SMILES string of the molecule is CN(C)S(=O)(=O)N1CCC[C@@H](C(=O)Nc2ccc(S(=O)(=O)Nc3ncccn3)cc2)C1. The third-order valence-corrected chi connectivity index (χ3v) is 8.02. The maximum atomic E-state index is 12.6. The minimum atomic E-state index is -3.88. The molecule has 1 aliphatic rings. The molecule has 31 heavy (non-hydrogen) atoms. The summed E-state index contributed by atoms with van der Waals surface area (Å²) < 4.78 is 54.2. The quantitative estimate of drug-likeness (QED) is 0.610. The van der Waals surface area contributed by atoms with Crippen LogP contribution in [0.5, 0.6) is 0 Å². The highest BCUT2D eigenvalue weighted by Gasteiger charge is 2.33. The monoisotopic (exact) mass is 468 g/mol. The minimum absolute atomic E-state index is 0.0149. The average Bonchev–Trinajstić information content (AvgIpc) is 2.74. The van der Waals surface area contributed by atoms with E-state index in [1.54, 1.807) is 6.07 Å². The third kappa shape index (κ3) is 5.55. The van der Waals surface area contributed by atoms with Crippen LogP contribution in [0.2, 0.25) is 0 Å². The molecule has 1 aromatic carbocycles. The van der Waals surface area contributed by atoms with Gasteiger partial charge >= 0.3 is 0 Å². The molecule has 1 amide bonds. The lowest BCUT2D eigenvalue weighted by molar-refractivity contribution is -0.120. The normalized spacial score (nSPS) is 18.0. The Balaban J connectivity index is 1.65. The molecule has 0 spiro atoms. The fraction of sp³-hybridized carbons (Fsp3) is 0.389. The van der Waals surface area contributed by atoms with Crippen LogP contribution in [-0.2, 0) is 25.0 Å². The van der Waals surface area contributed by atoms with Crippen LogP contribution in [0.1, 0.15) is 12.8 Å². The molecule has 1 fully saturated rings. The van der Waals surface area contributed by atoms with Crippen molar-refractivity contribution >= 4 is 37.8 Å². The number of nitrogens with zero attached hydrogens (tertiary/aromatic N) is 4. The predicted molar refractivity (Wildman–Crippen MR) is 115 cm³/mol. The van der Waals surface area contributed by atoms with E-state index >= 15 is 0 Å². The first kappa shape index (κ1) is 23.1. The Morgan fingerprint density at radius 2 is 1.74 bits per heavy atom. The molecule has 0 radical (unpaired) electrons. The molecule has 1 aliphatic heterocycles. The van der Waals surface area contributed by atoms with Crippen molar-refractivity contribution in [3.8, 4) is 0 Å². The summed E-state index contributed by atoms with van der Waals surface area (Å²) >= 11 is 0. The van der Waals surface area contributed by atoms with Crippen molar-refractivity contribution in [2.45, 2.75) is 17.7 Å². The summed E-state index contributed by atoms with van der Waals surface area (Å²) in [7, 11) is -4.56. The summed E-state index contributed by atoms with van der Waals surface area (Å²) in [5, 5.41) is 2.73. The molecular weight excluding hydrogens is 444 g/mol. The first-order valence-electron chi connectivity index (χ1n) is 9.48. The van der Waals surface area contributed by atoms with Crippen LogP contribution in [0, 0.1) is 5.92 Å². The van der Waals surface area contributed by atoms with Gasteiger partial charge in [-0.15, -0.1) is 0 Å². The number of hydrogen-bond donors (Lipinski definition) is 2. The lowest BCUT2D eigenvalue weighted by Crippen LogP contribution is -2.47. The minimum Gasteiger partial charge on any atom is -0.326 e. The smallest absolute Gasteiger partial charge is 0.281 e. The van der Waals surface area contributed by atoms with Gasteiger partial charge in [0.25, 0.3) is 20.2 Å². The van der Waals surface area contributed by atoms with Gasteiger partial charge in [0, 0.05) is 45.3 Å². The number of benzene rings is 1. The van der Waals surface area contributed by atoms with E-state index in [9.17, 15) is 21.6 Å². The number of nitrogens with one attached hydrogen (secondary N) is 2. The van der Waals surface area contributed by atoms with Crippen molar-refractivity contribution in [1.82, 2.24) is 18.6 Å². The molecule has 2 aromatic rings. The highest BCUT2D eigenvalue weighted by atomic mass is 32.2. The lowest BCUT2D eigenvalue weighted by Gasteiger charge is -2.32. The molecule has 1 saturated heterocycles. The van der Waals surface area contributed by atoms with Crippen LogP contribution in [0.25, 0.3) is 0 Å². The van der Waals surface area contributed by atoms with Gasteiger partial charge < -0.3 is 5.32 Å². The Bertz CT molecular complexity index is 1120. The van der Waals surface area contributed by atoms with Gasteiger partial charge in [0.05, 0.1) is 10.8 Å². The van der Waals surface area contributed by atoms with Gasteiger partial charge in [-0.2, -0.15) is 17.0 Å². The van der Waals surface area contributed by atoms with Gasteiger partial charge in [-0.25, -0.2) is 23.1 Å². The molecule has 0 saturated carbocycles. The van der Waals surface area contributed by atoms with Crippen LogP contribution in [0.4, 0.5) is 11.6 Å². The topological polar surface area (TPSA) is 142 Å². The first-order chi connectivity index (χ1) is 14.6. The van der Waals surface area contributed by atoms with Crippen molar-refractivity contribution < 1.29 is 21.6 Å². The second-order valence-corrected chi connectivity index (χ2v) is 11.0. The van der Waals surface area contributed by atoms with E-state index < -0.39 is 26.2 Å². The molecule has 0 aliphatic carbocycles. The molecule has 0 unspecified atom stereocenters. The Morgan fingerprint density at radius 1 is 1.10 bits per heavy atom. The average molecular weight is 469 g/mol. The lowest BCUT2D eigenvalue weighted by atomic mass is 9.99. The molecule has 2 N–H and O–H groups in total. The summed E-state index contributed by atoms with van der Waals surface area (Å²) in [5.41, 5.74) is 0.410. The fourth-order valence-corrected chi connectivity index (χ4v) is 5.24. The van der Waals surface area contributed by atoms with Gasteiger partial charge in [0.1, 0.15) is 0 Å². The molecule has 3 rings (SSSR count). The van der Waals surface area contributed by atoms with E-state index in [4.69, 9.17) is 0 Å². The van der Waals surface area contributed by atoms with E-state index in [2.05, 4.69) is 20.0 Å². The maximum absolute atomic E-state index is 12.6. The van der Waals surface area contributed by atoms with E-state index in [-0.39, 0.29) is 23.3 Å². The van der Waals surface area contributed by atoms with Crippen molar-refractivity contribution in [2.75, 3.05) is 37.2 Å². The summed E-state index contributed by atoms with van der Waals surface area (Å²) in [6.45, 7) is 0.467. The Kier molecular flexibility index (Phi) is 6.89. The van der Waals surface area contributed by atoms with Crippen LogP contribution in [0.15, 0.2) is 47.6 Å². The van der Waals surface area contributed by atoms with Gasteiger partial charge in [0.2, 0.25) is 11.9 Å². The number of sulfonamides is 1. The van der Waals surface area contributed by atoms with Gasteiger partial charge in [-0.1, -0.05) is 0 Å². The number of piperidine rings is 1. The van der Waals surface area contributed by atoms with Gasteiger partial charge in [-0.05, 0) is 43.2 Å². The van der Waals surface area contributed by atoms with Crippen LogP contribution in [0.3, 0.4) is 0 Å². The van der Waals surface area contributed by atoms with Gasteiger partial charge in [0.15, 0.2) is 0 Å². The largest absolute Gasteiger partial charge is 0.326 e. The fourth-order valence-electron chi connectivity index (χ4n) is 3.09. The van der Waals surface area contributed by atoms with Gasteiger partial charge in [-0.3, -0.25) is 4.79 Å². The molecule has 1 aromatic heterocycles.